The van der Waals surface area contributed by atoms with Gasteiger partial charge in [-0.3, -0.25) is 4.79 Å². The molecule has 0 aliphatic heterocycles. The molecule has 0 aromatic heterocycles. The van der Waals surface area contributed by atoms with Crippen molar-refractivity contribution in [2.24, 2.45) is 29.1 Å². The standard InChI is InChI=1S/C20H30O4/c1-10-6-7-13-14(19(13,4)5)8-11(2)18(23)20(24)9-12(3)17(22)15(20)16(10)21/h8,12-17,21-22,24H,1,6-7,9H2,2-5H3/b11-8+/t12-,13-,14+,15-,16-,17-,20+/m1/s1. The van der Waals surface area contributed by atoms with E-state index in [0.717, 1.165) is 6.42 Å². The highest BCUT2D eigenvalue weighted by molar-refractivity contribution is 6.02. The molecule has 3 aliphatic carbocycles. The molecule has 2 fully saturated rings. The molecule has 3 N–H and O–H groups in total. The van der Waals surface area contributed by atoms with Crippen molar-refractivity contribution in [3.05, 3.63) is 23.8 Å². The number of carbonyl (C=O) groups excluding carboxylic acids is 1. The minimum absolute atomic E-state index is 0.135. The summed E-state index contributed by atoms with van der Waals surface area (Å²) >= 11 is 0. The number of fused-ring (bicyclic) bond motifs is 2. The molecule has 134 valence electrons. The Hall–Kier alpha value is -0.970. The lowest BCUT2D eigenvalue weighted by atomic mass is 9.77. The zero-order chi connectivity index (χ0) is 18.0. The molecule has 3 aliphatic rings. The van der Waals surface area contributed by atoms with Gasteiger partial charge >= 0.3 is 0 Å². The van der Waals surface area contributed by atoms with E-state index in [0.29, 0.717) is 29.4 Å². The number of allylic oxidation sites excluding steroid dienone is 1. The lowest BCUT2D eigenvalue weighted by Gasteiger charge is -2.34. The van der Waals surface area contributed by atoms with Gasteiger partial charge in [-0.2, -0.15) is 0 Å². The van der Waals surface area contributed by atoms with Crippen LogP contribution in [0.2, 0.25) is 0 Å². The van der Waals surface area contributed by atoms with Gasteiger partial charge in [0.1, 0.15) is 5.60 Å². The fraction of sp³-hybridized carbons (Fsp3) is 0.750. The largest absolute Gasteiger partial charge is 0.392 e. The average Bonchev–Trinajstić information content (AvgIpc) is 2.91. The van der Waals surface area contributed by atoms with Crippen molar-refractivity contribution in [3.8, 4) is 0 Å². The average molecular weight is 334 g/mol. The minimum Gasteiger partial charge on any atom is -0.392 e. The van der Waals surface area contributed by atoms with Gasteiger partial charge in [0.25, 0.3) is 0 Å². The molecule has 0 bridgehead atoms. The van der Waals surface area contributed by atoms with Crippen LogP contribution < -0.4 is 0 Å². The minimum atomic E-state index is -1.72. The highest BCUT2D eigenvalue weighted by Crippen LogP contribution is 2.62. The Morgan fingerprint density at radius 3 is 2.54 bits per heavy atom. The second kappa shape index (κ2) is 5.52. The van der Waals surface area contributed by atoms with Crippen LogP contribution in [0.3, 0.4) is 0 Å². The number of aliphatic hydroxyl groups excluding tert-OH is 2. The summed E-state index contributed by atoms with van der Waals surface area (Å²) in [4.78, 5) is 13.0. The molecule has 0 unspecified atom stereocenters. The molecule has 0 radical (unpaired) electrons. The molecule has 24 heavy (non-hydrogen) atoms. The second-order valence-electron chi connectivity index (χ2n) is 8.90. The van der Waals surface area contributed by atoms with E-state index in [2.05, 4.69) is 20.4 Å². The Bertz CT molecular complexity index is 605. The maximum Gasteiger partial charge on any atom is 0.190 e. The maximum atomic E-state index is 13.0. The lowest BCUT2D eigenvalue weighted by Crippen LogP contribution is -2.50. The molecule has 7 atom stereocenters. The Morgan fingerprint density at radius 2 is 1.92 bits per heavy atom. The van der Waals surface area contributed by atoms with Crippen LogP contribution in [0.25, 0.3) is 0 Å². The summed E-state index contributed by atoms with van der Waals surface area (Å²) < 4.78 is 0. The van der Waals surface area contributed by atoms with Gasteiger partial charge in [0.05, 0.1) is 18.1 Å². The normalized spacial score (nSPS) is 50.4. The van der Waals surface area contributed by atoms with Crippen LogP contribution in [-0.2, 0) is 4.79 Å². The number of rotatable bonds is 0. The summed E-state index contributed by atoms with van der Waals surface area (Å²) in [6, 6.07) is 0. The fourth-order valence-corrected chi connectivity index (χ4v) is 5.17. The molecule has 0 amide bonds. The van der Waals surface area contributed by atoms with Crippen LogP contribution >= 0.6 is 0 Å². The van der Waals surface area contributed by atoms with Gasteiger partial charge < -0.3 is 15.3 Å². The second-order valence-corrected chi connectivity index (χ2v) is 8.90. The van der Waals surface area contributed by atoms with Crippen LogP contribution in [0, 0.1) is 29.1 Å². The summed E-state index contributed by atoms with van der Waals surface area (Å²) in [5, 5.41) is 32.4. The van der Waals surface area contributed by atoms with Crippen molar-refractivity contribution < 1.29 is 20.1 Å². The molecule has 0 aromatic rings. The van der Waals surface area contributed by atoms with Crippen LogP contribution in [0.5, 0.6) is 0 Å². The van der Waals surface area contributed by atoms with Gasteiger partial charge in [-0.1, -0.05) is 33.4 Å². The number of ketones is 1. The number of aliphatic hydroxyl groups is 3. The van der Waals surface area contributed by atoms with Crippen molar-refractivity contribution in [1.29, 1.82) is 0 Å². The molecule has 2 saturated carbocycles. The summed E-state index contributed by atoms with van der Waals surface area (Å²) in [5.41, 5.74) is -0.429. The lowest BCUT2D eigenvalue weighted by molar-refractivity contribution is -0.144. The van der Waals surface area contributed by atoms with Crippen molar-refractivity contribution in [2.45, 2.75) is 64.8 Å². The molecular weight excluding hydrogens is 304 g/mol. The quantitative estimate of drug-likeness (QED) is 0.594. The van der Waals surface area contributed by atoms with Gasteiger partial charge in [0, 0.05) is 0 Å². The number of hydrogen-bond donors (Lipinski definition) is 3. The molecular formula is C20H30O4. The van der Waals surface area contributed by atoms with Gasteiger partial charge in [0.2, 0.25) is 0 Å². The molecule has 3 rings (SSSR count). The molecule has 0 saturated heterocycles. The summed E-state index contributed by atoms with van der Waals surface area (Å²) in [6.07, 6.45) is 1.75. The predicted molar refractivity (Wildman–Crippen MR) is 92.1 cm³/mol. The monoisotopic (exact) mass is 334 g/mol. The highest BCUT2D eigenvalue weighted by Gasteiger charge is 2.60. The van der Waals surface area contributed by atoms with E-state index in [1.807, 2.05) is 13.0 Å². The van der Waals surface area contributed by atoms with E-state index in [1.54, 1.807) is 6.92 Å². The van der Waals surface area contributed by atoms with E-state index in [4.69, 9.17) is 0 Å². The Morgan fingerprint density at radius 1 is 1.29 bits per heavy atom. The molecule has 4 heteroatoms. The van der Waals surface area contributed by atoms with E-state index >= 15 is 0 Å². The Balaban J connectivity index is 2.04. The first-order valence-electron chi connectivity index (χ1n) is 9.01. The van der Waals surface area contributed by atoms with Crippen LogP contribution in [0.15, 0.2) is 23.8 Å². The first-order chi connectivity index (χ1) is 11.0. The first-order valence-corrected chi connectivity index (χ1v) is 9.01. The smallest absolute Gasteiger partial charge is 0.190 e. The van der Waals surface area contributed by atoms with E-state index in [-0.39, 0.29) is 23.5 Å². The first kappa shape index (κ1) is 17.8. The van der Waals surface area contributed by atoms with Gasteiger partial charge in [-0.25, -0.2) is 0 Å². The van der Waals surface area contributed by atoms with E-state index < -0.39 is 23.7 Å². The van der Waals surface area contributed by atoms with Gasteiger partial charge in [-0.15, -0.1) is 0 Å². The van der Waals surface area contributed by atoms with Crippen molar-refractivity contribution in [1.82, 2.24) is 0 Å². The van der Waals surface area contributed by atoms with E-state index in [1.165, 1.54) is 0 Å². The Labute approximate surface area is 144 Å². The molecule has 0 spiro atoms. The molecule has 4 nitrogen and oxygen atoms in total. The van der Waals surface area contributed by atoms with Crippen LogP contribution in [-0.4, -0.2) is 38.9 Å². The Kier molecular flexibility index (Phi) is 4.10. The van der Waals surface area contributed by atoms with Gasteiger partial charge in [0.15, 0.2) is 5.78 Å². The zero-order valence-corrected chi connectivity index (χ0v) is 15.1. The summed E-state index contributed by atoms with van der Waals surface area (Å²) in [6.45, 7) is 11.9. The molecule has 0 heterocycles. The fourth-order valence-electron chi connectivity index (χ4n) is 5.17. The number of carbonyl (C=O) groups is 1. The SMILES string of the molecule is C=C1CC[C@@H]2[C@H](/C=C(\C)C(=O)[C@]3(O)C[C@@H](C)[C@@H](O)[C@H]3[C@@H]1O)C2(C)C. The third kappa shape index (κ3) is 2.42. The molecule has 0 aromatic carbocycles. The van der Waals surface area contributed by atoms with Gasteiger partial charge in [-0.05, 0) is 60.5 Å². The van der Waals surface area contributed by atoms with Crippen molar-refractivity contribution in [3.63, 3.8) is 0 Å². The topological polar surface area (TPSA) is 77.8 Å². The van der Waals surface area contributed by atoms with Crippen molar-refractivity contribution in [2.75, 3.05) is 0 Å². The third-order valence-electron chi connectivity index (χ3n) is 6.99. The summed E-state index contributed by atoms with van der Waals surface area (Å²) in [5.74, 6) is -0.729. The number of Topliss-reactive ketones (excluding diaryl/α,β-unsaturated/α-hetero) is 1. The number of hydrogen-bond acceptors (Lipinski definition) is 4. The third-order valence-corrected chi connectivity index (χ3v) is 6.99. The summed E-state index contributed by atoms with van der Waals surface area (Å²) in [7, 11) is 0. The zero-order valence-electron chi connectivity index (χ0n) is 15.1. The maximum absolute atomic E-state index is 13.0. The highest BCUT2D eigenvalue weighted by atomic mass is 16.3. The predicted octanol–water partition coefficient (Wildman–Crippen LogP) is 2.23. The van der Waals surface area contributed by atoms with Crippen LogP contribution in [0.1, 0.15) is 47.0 Å². The van der Waals surface area contributed by atoms with Crippen molar-refractivity contribution >= 4 is 5.78 Å². The van der Waals surface area contributed by atoms with Crippen LogP contribution in [0.4, 0.5) is 0 Å². The van der Waals surface area contributed by atoms with E-state index in [9.17, 15) is 20.1 Å².